The Labute approximate surface area is 78.8 Å². The minimum atomic E-state index is 0.507. The molecule has 1 heterocycles. The normalized spacial score (nSPS) is 13.3. The highest BCUT2D eigenvalue weighted by Gasteiger charge is 2.07. The summed E-state index contributed by atoms with van der Waals surface area (Å²) in [6.45, 7) is 9.76. The van der Waals surface area contributed by atoms with Crippen molar-refractivity contribution in [2.24, 2.45) is 0 Å². The van der Waals surface area contributed by atoms with Crippen molar-refractivity contribution >= 4 is 11.3 Å². The first kappa shape index (κ1) is 9.75. The average Bonchev–Trinajstić information content (AvgIpc) is 2.33. The summed E-state index contributed by atoms with van der Waals surface area (Å²) in [6.07, 6.45) is 0. The Bertz CT molecular complexity index is 233. The van der Waals surface area contributed by atoms with Crippen LogP contribution in [0.2, 0.25) is 0 Å². The number of hydrogen-bond acceptors (Lipinski definition) is 2. The van der Waals surface area contributed by atoms with Crippen LogP contribution >= 0.6 is 11.3 Å². The van der Waals surface area contributed by atoms with Gasteiger partial charge in [-0.15, -0.1) is 11.3 Å². The molecule has 0 saturated carbocycles. The Morgan fingerprint density at radius 3 is 2.58 bits per heavy atom. The van der Waals surface area contributed by atoms with Crippen molar-refractivity contribution in [3.8, 4) is 0 Å². The van der Waals surface area contributed by atoms with E-state index in [1.807, 2.05) is 11.3 Å². The summed E-state index contributed by atoms with van der Waals surface area (Å²) >= 11 is 1.90. The molecule has 0 bridgehead atoms. The summed E-state index contributed by atoms with van der Waals surface area (Å²) in [7, 11) is 0. The van der Waals surface area contributed by atoms with Crippen molar-refractivity contribution in [1.29, 1.82) is 0 Å². The van der Waals surface area contributed by atoms with Crippen LogP contribution in [0, 0.1) is 13.8 Å². The lowest BCUT2D eigenvalue weighted by molar-refractivity contribution is 0.607. The monoisotopic (exact) mass is 183 g/mol. The molecule has 0 aliphatic heterocycles. The van der Waals surface area contributed by atoms with Crippen LogP contribution in [-0.2, 0) is 0 Å². The van der Waals surface area contributed by atoms with E-state index in [2.05, 4.69) is 39.1 Å². The Morgan fingerprint density at radius 1 is 1.50 bits per heavy atom. The molecule has 1 atom stereocenters. The highest BCUT2D eigenvalue weighted by Crippen LogP contribution is 2.25. The molecule has 12 heavy (non-hydrogen) atoms. The van der Waals surface area contributed by atoms with Gasteiger partial charge in [-0.05, 0) is 38.9 Å². The molecule has 0 aromatic carbocycles. The van der Waals surface area contributed by atoms with Crippen LogP contribution in [0.5, 0.6) is 0 Å². The van der Waals surface area contributed by atoms with Gasteiger partial charge in [-0.1, -0.05) is 6.92 Å². The molecule has 0 amide bonds. The maximum atomic E-state index is 3.41. The standard InChI is InChI=1S/C10H17NS/c1-5-11-8(3)10-6-7(2)9(4)12-10/h6,8,11H,5H2,1-4H3. The zero-order valence-corrected chi connectivity index (χ0v) is 9.09. The van der Waals surface area contributed by atoms with Crippen molar-refractivity contribution < 1.29 is 0 Å². The fourth-order valence-corrected chi connectivity index (χ4v) is 2.29. The van der Waals surface area contributed by atoms with Crippen LogP contribution in [0.15, 0.2) is 6.07 Å². The predicted octanol–water partition coefficient (Wildman–Crippen LogP) is 3.04. The molecule has 0 spiro atoms. The molecule has 0 fully saturated rings. The summed E-state index contributed by atoms with van der Waals surface area (Å²) < 4.78 is 0. The topological polar surface area (TPSA) is 12.0 Å². The van der Waals surface area contributed by atoms with Gasteiger partial charge in [0.15, 0.2) is 0 Å². The lowest BCUT2D eigenvalue weighted by Crippen LogP contribution is -2.16. The van der Waals surface area contributed by atoms with E-state index in [-0.39, 0.29) is 0 Å². The average molecular weight is 183 g/mol. The van der Waals surface area contributed by atoms with Gasteiger partial charge in [0.25, 0.3) is 0 Å². The summed E-state index contributed by atoms with van der Waals surface area (Å²) in [5.41, 5.74) is 1.42. The van der Waals surface area contributed by atoms with Gasteiger partial charge >= 0.3 is 0 Å². The highest BCUT2D eigenvalue weighted by atomic mass is 32.1. The quantitative estimate of drug-likeness (QED) is 0.759. The fourth-order valence-electron chi connectivity index (χ4n) is 1.22. The van der Waals surface area contributed by atoms with E-state index in [4.69, 9.17) is 0 Å². The molecule has 2 heteroatoms. The van der Waals surface area contributed by atoms with Gasteiger partial charge in [0.05, 0.1) is 0 Å². The summed E-state index contributed by atoms with van der Waals surface area (Å²) in [4.78, 5) is 2.89. The predicted molar refractivity (Wildman–Crippen MR) is 55.9 cm³/mol. The molecule has 68 valence electrons. The molecule has 1 unspecified atom stereocenters. The van der Waals surface area contributed by atoms with Crippen LogP contribution in [0.1, 0.15) is 35.2 Å². The highest BCUT2D eigenvalue weighted by molar-refractivity contribution is 7.12. The summed E-state index contributed by atoms with van der Waals surface area (Å²) in [5, 5.41) is 3.41. The van der Waals surface area contributed by atoms with E-state index in [1.165, 1.54) is 15.3 Å². The summed E-state index contributed by atoms with van der Waals surface area (Å²) in [5.74, 6) is 0. The number of hydrogen-bond donors (Lipinski definition) is 1. The lowest BCUT2D eigenvalue weighted by Gasteiger charge is -2.08. The number of thiophene rings is 1. The van der Waals surface area contributed by atoms with Crippen molar-refractivity contribution in [2.75, 3.05) is 6.54 Å². The molecule has 1 N–H and O–H groups in total. The van der Waals surface area contributed by atoms with E-state index in [1.54, 1.807) is 0 Å². The fraction of sp³-hybridized carbons (Fsp3) is 0.600. The molecular formula is C10H17NS. The van der Waals surface area contributed by atoms with Crippen molar-refractivity contribution in [3.05, 3.63) is 21.4 Å². The van der Waals surface area contributed by atoms with Gasteiger partial charge in [0.2, 0.25) is 0 Å². The SMILES string of the molecule is CCNC(C)c1cc(C)c(C)s1. The van der Waals surface area contributed by atoms with Crippen LogP contribution in [0.25, 0.3) is 0 Å². The van der Waals surface area contributed by atoms with E-state index in [9.17, 15) is 0 Å². The van der Waals surface area contributed by atoms with Crippen molar-refractivity contribution in [3.63, 3.8) is 0 Å². The molecule has 1 nitrogen and oxygen atoms in total. The van der Waals surface area contributed by atoms with Crippen LogP contribution in [-0.4, -0.2) is 6.54 Å². The lowest BCUT2D eigenvalue weighted by atomic mass is 10.2. The smallest absolute Gasteiger partial charge is 0.0386 e. The van der Waals surface area contributed by atoms with Crippen LogP contribution in [0.3, 0.4) is 0 Å². The maximum absolute atomic E-state index is 3.41. The third kappa shape index (κ3) is 2.08. The third-order valence-electron chi connectivity index (χ3n) is 2.12. The van der Waals surface area contributed by atoms with Crippen LogP contribution < -0.4 is 5.32 Å². The Kier molecular flexibility index (Phi) is 3.29. The summed E-state index contributed by atoms with van der Waals surface area (Å²) in [6, 6.07) is 2.79. The van der Waals surface area contributed by atoms with Gasteiger partial charge in [-0.25, -0.2) is 0 Å². The van der Waals surface area contributed by atoms with E-state index in [0.29, 0.717) is 6.04 Å². The van der Waals surface area contributed by atoms with Gasteiger partial charge < -0.3 is 5.32 Å². The molecular weight excluding hydrogens is 166 g/mol. The number of nitrogens with one attached hydrogen (secondary N) is 1. The molecule has 1 rings (SSSR count). The Hall–Kier alpha value is -0.340. The molecule has 1 aromatic rings. The molecule has 0 radical (unpaired) electrons. The maximum Gasteiger partial charge on any atom is 0.0386 e. The van der Waals surface area contributed by atoms with Crippen molar-refractivity contribution in [1.82, 2.24) is 5.32 Å². The second-order valence-electron chi connectivity index (χ2n) is 3.17. The third-order valence-corrected chi connectivity index (χ3v) is 3.46. The number of rotatable bonds is 3. The zero-order valence-electron chi connectivity index (χ0n) is 8.27. The first-order valence-electron chi connectivity index (χ1n) is 4.45. The van der Waals surface area contributed by atoms with E-state index in [0.717, 1.165) is 6.54 Å². The Balaban J connectivity index is 2.74. The molecule has 0 aliphatic rings. The molecule has 0 aliphatic carbocycles. The first-order valence-corrected chi connectivity index (χ1v) is 5.27. The minimum absolute atomic E-state index is 0.507. The largest absolute Gasteiger partial charge is 0.310 e. The van der Waals surface area contributed by atoms with Crippen molar-refractivity contribution in [2.45, 2.75) is 33.7 Å². The van der Waals surface area contributed by atoms with E-state index >= 15 is 0 Å². The number of aryl methyl sites for hydroxylation is 2. The first-order chi connectivity index (χ1) is 5.65. The van der Waals surface area contributed by atoms with Gasteiger partial charge in [0, 0.05) is 15.8 Å². The van der Waals surface area contributed by atoms with E-state index < -0.39 is 0 Å². The minimum Gasteiger partial charge on any atom is -0.310 e. The molecule has 1 aromatic heterocycles. The zero-order chi connectivity index (χ0) is 9.14. The van der Waals surface area contributed by atoms with Crippen LogP contribution in [0.4, 0.5) is 0 Å². The second kappa shape index (κ2) is 4.06. The Morgan fingerprint density at radius 2 is 2.17 bits per heavy atom. The molecule has 0 saturated heterocycles. The van der Waals surface area contributed by atoms with Gasteiger partial charge in [0.1, 0.15) is 0 Å². The van der Waals surface area contributed by atoms with Gasteiger partial charge in [-0.3, -0.25) is 0 Å². The van der Waals surface area contributed by atoms with Gasteiger partial charge in [-0.2, -0.15) is 0 Å². The second-order valence-corrected chi connectivity index (χ2v) is 4.46.